The van der Waals surface area contributed by atoms with Crippen LogP contribution in [0.25, 0.3) is 0 Å². The van der Waals surface area contributed by atoms with Gasteiger partial charge in [-0.3, -0.25) is 0 Å². The summed E-state index contributed by atoms with van der Waals surface area (Å²) in [5.74, 6) is 2.68. The molecular weight excluding hydrogens is 264 g/mol. The molecule has 21 heavy (non-hydrogen) atoms. The lowest BCUT2D eigenvalue weighted by Gasteiger charge is -2.13. The van der Waals surface area contributed by atoms with Gasteiger partial charge in [0.2, 0.25) is 0 Å². The predicted octanol–water partition coefficient (Wildman–Crippen LogP) is 2.74. The summed E-state index contributed by atoms with van der Waals surface area (Å²) in [6.45, 7) is 2.92. The minimum absolute atomic E-state index is 0.820. The second-order valence-corrected chi connectivity index (χ2v) is 4.68. The van der Waals surface area contributed by atoms with E-state index < -0.39 is 0 Å². The predicted molar refractivity (Wildman–Crippen MR) is 86.1 cm³/mol. The van der Waals surface area contributed by atoms with Crippen LogP contribution in [0.2, 0.25) is 0 Å². The molecular formula is C16H22N4O. The van der Waals surface area contributed by atoms with Crippen molar-refractivity contribution in [2.75, 3.05) is 31.3 Å². The van der Waals surface area contributed by atoms with Gasteiger partial charge < -0.3 is 15.4 Å². The van der Waals surface area contributed by atoms with Crippen molar-refractivity contribution >= 4 is 11.6 Å². The first-order chi connectivity index (χ1) is 10.3. The molecule has 0 aliphatic heterocycles. The topological polar surface area (TPSA) is 59.1 Å². The van der Waals surface area contributed by atoms with E-state index in [1.54, 1.807) is 13.4 Å². The van der Waals surface area contributed by atoms with Crippen molar-refractivity contribution in [3.8, 4) is 5.75 Å². The third kappa shape index (κ3) is 3.84. The number of aromatic nitrogens is 2. The fourth-order valence-corrected chi connectivity index (χ4v) is 2.27. The van der Waals surface area contributed by atoms with Crippen LogP contribution in [0.15, 0.2) is 30.6 Å². The van der Waals surface area contributed by atoms with Crippen molar-refractivity contribution in [1.29, 1.82) is 0 Å². The van der Waals surface area contributed by atoms with Crippen molar-refractivity contribution < 1.29 is 4.74 Å². The van der Waals surface area contributed by atoms with Crippen LogP contribution >= 0.6 is 0 Å². The van der Waals surface area contributed by atoms with E-state index in [0.29, 0.717) is 0 Å². The zero-order valence-electron chi connectivity index (χ0n) is 12.8. The summed E-state index contributed by atoms with van der Waals surface area (Å²) < 4.78 is 5.24. The third-order valence-electron chi connectivity index (χ3n) is 3.38. The van der Waals surface area contributed by atoms with Crippen LogP contribution in [0, 0.1) is 0 Å². The van der Waals surface area contributed by atoms with Crippen LogP contribution in [0.4, 0.5) is 11.6 Å². The molecule has 0 aliphatic rings. The van der Waals surface area contributed by atoms with E-state index in [1.807, 2.05) is 19.2 Å². The summed E-state index contributed by atoms with van der Waals surface area (Å²) in [5, 5.41) is 6.50. The molecule has 0 saturated heterocycles. The Bertz CT molecular complexity index is 586. The van der Waals surface area contributed by atoms with E-state index in [0.717, 1.165) is 42.3 Å². The Kier molecular flexibility index (Phi) is 5.37. The highest BCUT2D eigenvalue weighted by atomic mass is 16.5. The standard InChI is InChI=1S/C16H22N4O/c1-4-14-15(17-2)19-11-20-16(14)18-9-8-12-6-5-7-13(10-12)21-3/h5-7,10-11H,4,8-9H2,1-3H3,(H2,17,18,19,20). The highest BCUT2D eigenvalue weighted by Crippen LogP contribution is 2.20. The molecule has 0 bridgehead atoms. The molecule has 0 atom stereocenters. The minimum Gasteiger partial charge on any atom is -0.497 e. The van der Waals surface area contributed by atoms with Crippen LogP contribution in [-0.4, -0.2) is 30.7 Å². The highest BCUT2D eigenvalue weighted by Gasteiger charge is 2.07. The zero-order valence-corrected chi connectivity index (χ0v) is 12.8. The molecule has 0 radical (unpaired) electrons. The lowest BCUT2D eigenvalue weighted by Crippen LogP contribution is -2.10. The Balaban J connectivity index is 2.00. The Morgan fingerprint density at radius 3 is 2.71 bits per heavy atom. The van der Waals surface area contributed by atoms with Crippen LogP contribution in [0.5, 0.6) is 5.75 Å². The fourth-order valence-electron chi connectivity index (χ4n) is 2.27. The molecule has 2 rings (SSSR count). The normalized spacial score (nSPS) is 10.2. The summed E-state index contributed by atoms with van der Waals surface area (Å²) in [4.78, 5) is 8.57. The van der Waals surface area contributed by atoms with Crippen molar-refractivity contribution in [2.45, 2.75) is 19.8 Å². The highest BCUT2D eigenvalue weighted by molar-refractivity contribution is 5.57. The van der Waals surface area contributed by atoms with Gasteiger partial charge in [-0.1, -0.05) is 19.1 Å². The van der Waals surface area contributed by atoms with Crippen LogP contribution < -0.4 is 15.4 Å². The number of nitrogens with one attached hydrogen (secondary N) is 2. The average molecular weight is 286 g/mol. The number of ether oxygens (including phenoxy) is 1. The monoisotopic (exact) mass is 286 g/mol. The quantitative estimate of drug-likeness (QED) is 0.819. The van der Waals surface area contributed by atoms with Gasteiger partial charge in [0.25, 0.3) is 0 Å². The van der Waals surface area contributed by atoms with Gasteiger partial charge in [-0.05, 0) is 30.5 Å². The van der Waals surface area contributed by atoms with E-state index >= 15 is 0 Å². The number of rotatable bonds is 7. The molecule has 2 N–H and O–H groups in total. The smallest absolute Gasteiger partial charge is 0.134 e. The van der Waals surface area contributed by atoms with Gasteiger partial charge in [-0.25, -0.2) is 9.97 Å². The van der Waals surface area contributed by atoms with E-state index in [2.05, 4.69) is 39.7 Å². The van der Waals surface area contributed by atoms with Crippen LogP contribution in [-0.2, 0) is 12.8 Å². The van der Waals surface area contributed by atoms with Crippen LogP contribution in [0.3, 0.4) is 0 Å². The Labute approximate surface area is 125 Å². The zero-order chi connectivity index (χ0) is 15.1. The number of hydrogen-bond acceptors (Lipinski definition) is 5. The number of nitrogens with zero attached hydrogens (tertiary/aromatic N) is 2. The molecule has 5 heteroatoms. The lowest BCUT2D eigenvalue weighted by molar-refractivity contribution is 0.414. The molecule has 112 valence electrons. The Morgan fingerprint density at radius 1 is 1.19 bits per heavy atom. The first-order valence-corrected chi connectivity index (χ1v) is 7.17. The van der Waals surface area contributed by atoms with Crippen molar-refractivity contribution in [3.05, 3.63) is 41.7 Å². The molecule has 1 aromatic heterocycles. The Morgan fingerprint density at radius 2 is 2.00 bits per heavy atom. The lowest BCUT2D eigenvalue weighted by atomic mass is 10.1. The SMILES string of the molecule is CCc1c(NC)ncnc1NCCc1cccc(OC)c1. The Hall–Kier alpha value is -2.30. The summed E-state index contributed by atoms with van der Waals surface area (Å²) in [6, 6.07) is 8.12. The largest absolute Gasteiger partial charge is 0.497 e. The van der Waals surface area contributed by atoms with Crippen molar-refractivity contribution in [1.82, 2.24) is 9.97 Å². The van der Waals surface area contributed by atoms with E-state index in [1.165, 1.54) is 5.56 Å². The molecule has 0 saturated carbocycles. The fraction of sp³-hybridized carbons (Fsp3) is 0.375. The first kappa shape index (κ1) is 15.1. The number of benzene rings is 1. The minimum atomic E-state index is 0.820. The average Bonchev–Trinajstić information content (AvgIpc) is 2.54. The van der Waals surface area contributed by atoms with Gasteiger partial charge in [0.15, 0.2) is 0 Å². The number of anilines is 2. The first-order valence-electron chi connectivity index (χ1n) is 7.17. The summed E-state index contributed by atoms with van der Waals surface area (Å²) in [6.07, 6.45) is 3.39. The second-order valence-electron chi connectivity index (χ2n) is 4.68. The van der Waals surface area contributed by atoms with Gasteiger partial charge in [0, 0.05) is 19.2 Å². The van der Waals surface area contributed by atoms with Crippen LogP contribution in [0.1, 0.15) is 18.1 Å². The molecule has 1 heterocycles. The second kappa shape index (κ2) is 7.47. The number of hydrogen-bond donors (Lipinski definition) is 2. The maximum absolute atomic E-state index is 5.24. The van der Waals surface area contributed by atoms with Crippen molar-refractivity contribution in [3.63, 3.8) is 0 Å². The third-order valence-corrected chi connectivity index (χ3v) is 3.38. The van der Waals surface area contributed by atoms with Crippen molar-refractivity contribution in [2.24, 2.45) is 0 Å². The molecule has 5 nitrogen and oxygen atoms in total. The molecule has 0 amide bonds. The molecule has 0 spiro atoms. The van der Waals surface area contributed by atoms with Gasteiger partial charge in [0.1, 0.15) is 23.7 Å². The van der Waals surface area contributed by atoms with Gasteiger partial charge in [-0.2, -0.15) is 0 Å². The van der Waals surface area contributed by atoms with Gasteiger partial charge >= 0.3 is 0 Å². The maximum Gasteiger partial charge on any atom is 0.134 e. The molecule has 0 unspecified atom stereocenters. The molecule has 0 fully saturated rings. The van der Waals surface area contributed by atoms with Gasteiger partial charge in [0.05, 0.1) is 7.11 Å². The van der Waals surface area contributed by atoms with E-state index in [-0.39, 0.29) is 0 Å². The summed E-state index contributed by atoms with van der Waals surface area (Å²) in [7, 11) is 3.56. The van der Waals surface area contributed by atoms with Gasteiger partial charge in [-0.15, -0.1) is 0 Å². The van der Waals surface area contributed by atoms with E-state index in [4.69, 9.17) is 4.74 Å². The molecule has 2 aromatic rings. The summed E-state index contributed by atoms with van der Waals surface area (Å²) >= 11 is 0. The molecule has 0 aliphatic carbocycles. The number of methoxy groups -OCH3 is 1. The maximum atomic E-state index is 5.24. The van der Waals surface area contributed by atoms with E-state index in [9.17, 15) is 0 Å². The summed E-state index contributed by atoms with van der Waals surface area (Å²) in [5.41, 5.74) is 2.36. The molecule has 1 aromatic carbocycles.